The molecule has 0 spiro atoms. The quantitative estimate of drug-likeness (QED) is 0.267. The molecule has 0 saturated heterocycles. The molecule has 0 N–H and O–H groups in total. The Morgan fingerprint density at radius 3 is 2.26 bits per heavy atom. The van der Waals surface area contributed by atoms with Gasteiger partial charge in [0, 0.05) is 19.2 Å². The summed E-state index contributed by atoms with van der Waals surface area (Å²) in [6.07, 6.45) is 0.751. The van der Waals surface area contributed by atoms with Crippen molar-refractivity contribution in [3.8, 4) is 5.75 Å². The number of hydrogen-bond donors (Lipinski definition) is 0. The van der Waals surface area contributed by atoms with Gasteiger partial charge in [-0.1, -0.05) is 35.6 Å². The van der Waals surface area contributed by atoms with E-state index < -0.39 is 10.0 Å². The molecule has 11 heteroatoms. The number of ether oxygens (including phenoxy) is 1. The fourth-order valence-electron chi connectivity index (χ4n) is 3.99. The van der Waals surface area contributed by atoms with Crippen LogP contribution in [0.25, 0.3) is 10.2 Å². The van der Waals surface area contributed by atoms with Gasteiger partial charge in [-0.25, -0.2) is 13.4 Å². The van der Waals surface area contributed by atoms with Crippen molar-refractivity contribution in [1.29, 1.82) is 0 Å². The molecule has 0 radical (unpaired) electrons. The summed E-state index contributed by atoms with van der Waals surface area (Å²) >= 11 is 1.43. The van der Waals surface area contributed by atoms with Crippen LogP contribution in [0.5, 0.6) is 5.75 Å². The summed E-state index contributed by atoms with van der Waals surface area (Å²) in [5.74, 6) is 0.450. The van der Waals surface area contributed by atoms with E-state index in [2.05, 4.69) is 4.90 Å². The minimum atomic E-state index is -3.78. The summed E-state index contributed by atoms with van der Waals surface area (Å²) in [7, 11) is 1.71. The third kappa shape index (κ3) is 6.88. The van der Waals surface area contributed by atoms with Gasteiger partial charge in [-0.05, 0) is 82.5 Å². The Kier molecular flexibility index (Phi) is 10.3. The fraction of sp³-hybridized carbons (Fsp3) is 0.286. The van der Waals surface area contributed by atoms with Crippen molar-refractivity contribution < 1.29 is 30.4 Å². The predicted molar refractivity (Wildman–Crippen MR) is 154 cm³/mol. The molecule has 8 nitrogen and oxygen atoms in total. The summed E-state index contributed by atoms with van der Waals surface area (Å²) in [4.78, 5) is 22.3. The van der Waals surface area contributed by atoms with E-state index in [0.29, 0.717) is 35.3 Å². The number of sulfonamides is 1. The van der Waals surface area contributed by atoms with E-state index in [0.717, 1.165) is 23.2 Å². The number of hydrogen-bond acceptors (Lipinski definition) is 7. The van der Waals surface area contributed by atoms with Gasteiger partial charge in [0.25, 0.3) is 15.9 Å². The lowest BCUT2D eigenvalue weighted by molar-refractivity contribution is -0.0000181. The number of para-hydroxylation sites is 2. The van der Waals surface area contributed by atoms with Crippen molar-refractivity contribution in [1.82, 2.24) is 9.88 Å². The number of nitrogens with zero attached hydrogens (tertiary/aromatic N) is 4. The van der Waals surface area contributed by atoms with E-state index in [9.17, 15) is 13.2 Å². The zero-order valence-electron chi connectivity index (χ0n) is 22.4. The van der Waals surface area contributed by atoms with Gasteiger partial charge in [0.15, 0.2) is 5.13 Å². The molecule has 1 amide bonds. The first-order valence-electron chi connectivity index (χ1n) is 12.4. The highest BCUT2D eigenvalue weighted by molar-refractivity contribution is 7.92. The van der Waals surface area contributed by atoms with Gasteiger partial charge in [0.2, 0.25) is 0 Å². The monoisotopic (exact) mass is 587 g/mol. The summed E-state index contributed by atoms with van der Waals surface area (Å²) in [6, 6.07) is 20.7. The molecule has 0 unspecified atom stereocenters. The molecule has 0 fully saturated rings. The van der Waals surface area contributed by atoms with Crippen molar-refractivity contribution in [3.63, 3.8) is 0 Å². The predicted octanol–water partition coefficient (Wildman–Crippen LogP) is 2.12. The van der Waals surface area contributed by atoms with Crippen molar-refractivity contribution in [3.05, 3.63) is 78.4 Å². The zero-order chi connectivity index (χ0) is 27.3. The lowest BCUT2D eigenvalue weighted by Gasteiger charge is -2.22. The normalized spacial score (nSPS) is 11.3. The number of benzene rings is 3. The smallest absolute Gasteiger partial charge is 0.264 e. The Morgan fingerprint density at radius 2 is 1.62 bits per heavy atom. The third-order valence-electron chi connectivity index (χ3n) is 6.01. The van der Waals surface area contributed by atoms with Crippen LogP contribution in [0.15, 0.2) is 77.7 Å². The number of rotatable bonds is 11. The highest BCUT2D eigenvalue weighted by Gasteiger charge is 2.25. The van der Waals surface area contributed by atoms with Gasteiger partial charge in [0.1, 0.15) is 11.3 Å². The van der Waals surface area contributed by atoms with E-state index in [1.807, 2.05) is 45.3 Å². The molecule has 39 heavy (non-hydrogen) atoms. The van der Waals surface area contributed by atoms with Crippen LogP contribution in [-0.4, -0.2) is 65.0 Å². The van der Waals surface area contributed by atoms with Crippen LogP contribution in [0.2, 0.25) is 0 Å². The molecule has 0 bridgehead atoms. The van der Waals surface area contributed by atoms with Crippen LogP contribution in [-0.2, 0) is 10.0 Å². The number of anilines is 2. The number of amides is 1. The van der Waals surface area contributed by atoms with E-state index in [1.54, 1.807) is 41.3 Å². The first kappa shape index (κ1) is 30.4. The summed E-state index contributed by atoms with van der Waals surface area (Å²) in [6.45, 7) is 3.72. The van der Waals surface area contributed by atoms with Gasteiger partial charge in [-0.2, -0.15) is 0 Å². The lowest BCUT2D eigenvalue weighted by atomic mass is 10.2. The zero-order valence-corrected chi connectivity index (χ0v) is 24.8. The molecule has 0 aliphatic carbocycles. The highest BCUT2D eigenvalue weighted by atomic mass is 35.5. The lowest BCUT2D eigenvalue weighted by Crippen LogP contribution is -3.00. The van der Waals surface area contributed by atoms with Crippen LogP contribution in [0, 0.1) is 0 Å². The molecule has 0 aliphatic rings. The Hall–Kier alpha value is -3.18. The first-order chi connectivity index (χ1) is 18.2. The van der Waals surface area contributed by atoms with Crippen LogP contribution >= 0.6 is 11.3 Å². The maximum atomic E-state index is 13.7. The molecule has 0 atom stereocenters. The molecule has 1 aromatic heterocycles. The first-order valence-corrected chi connectivity index (χ1v) is 14.6. The van der Waals surface area contributed by atoms with Crippen molar-refractivity contribution >= 4 is 48.3 Å². The highest BCUT2D eigenvalue weighted by Crippen LogP contribution is 2.35. The Balaban J connectivity index is 0.00000420. The Labute approximate surface area is 240 Å². The topological polar surface area (TPSA) is 83.0 Å². The Bertz CT molecular complexity index is 1490. The number of thiazole rings is 1. The number of fused-ring (bicyclic) bond motifs is 1. The molecule has 0 aliphatic heterocycles. The van der Waals surface area contributed by atoms with Gasteiger partial charge in [-0.15, -0.1) is 0 Å². The SMILES string of the molecule is CCOc1cccc2sc(N(CCCN(C)C)C(=O)c3ccc(S(=O)(=O)N(C)c4ccccc4)cc3)nc12.[Cl-]. The number of carbonyl (C=O) groups is 1. The molecular weight excluding hydrogens is 556 g/mol. The number of carbonyl (C=O) groups excluding carboxylic acids is 1. The molecular formula is C28H32ClN4O4S2-. The average molecular weight is 588 g/mol. The van der Waals surface area contributed by atoms with E-state index in [1.165, 1.54) is 34.8 Å². The minimum Gasteiger partial charge on any atom is -1.00 e. The van der Waals surface area contributed by atoms with Crippen molar-refractivity contribution in [2.24, 2.45) is 0 Å². The fourth-order valence-corrected chi connectivity index (χ4v) is 6.19. The van der Waals surface area contributed by atoms with Gasteiger partial charge in [-0.3, -0.25) is 14.0 Å². The van der Waals surface area contributed by atoms with Gasteiger partial charge in [0.05, 0.1) is 21.9 Å². The number of halogens is 1. The second-order valence-electron chi connectivity index (χ2n) is 8.98. The van der Waals surface area contributed by atoms with Crippen LogP contribution in [0.4, 0.5) is 10.8 Å². The maximum absolute atomic E-state index is 13.7. The van der Waals surface area contributed by atoms with Gasteiger partial charge >= 0.3 is 0 Å². The van der Waals surface area contributed by atoms with E-state index >= 15 is 0 Å². The summed E-state index contributed by atoms with van der Waals surface area (Å²) < 4.78 is 34.2. The van der Waals surface area contributed by atoms with Gasteiger partial charge < -0.3 is 22.0 Å². The van der Waals surface area contributed by atoms with Crippen LogP contribution in [0.3, 0.4) is 0 Å². The molecule has 4 aromatic rings. The second-order valence-corrected chi connectivity index (χ2v) is 12.0. The Morgan fingerprint density at radius 1 is 0.923 bits per heavy atom. The summed E-state index contributed by atoms with van der Waals surface area (Å²) in [5, 5.41) is 0.580. The van der Waals surface area contributed by atoms with Crippen LogP contribution < -0.4 is 26.3 Å². The van der Waals surface area contributed by atoms with E-state index in [4.69, 9.17) is 9.72 Å². The van der Waals surface area contributed by atoms with Crippen molar-refractivity contribution in [2.45, 2.75) is 18.2 Å². The molecule has 3 aromatic carbocycles. The minimum absolute atomic E-state index is 0. The molecule has 4 rings (SSSR count). The molecule has 0 saturated carbocycles. The third-order valence-corrected chi connectivity index (χ3v) is 8.86. The van der Waals surface area contributed by atoms with Crippen molar-refractivity contribution in [2.75, 3.05) is 50.0 Å². The molecule has 1 heterocycles. The standard InChI is InChI=1S/C28H32N4O4S2.ClH/c1-5-36-24-13-9-14-25-26(24)29-28(37-25)32(20-10-19-30(2)3)27(33)21-15-17-23(18-16-21)38(34,35)31(4)22-11-7-6-8-12-22;/h6-9,11-18H,5,10,19-20H2,1-4H3;1H/p-1. The van der Waals surface area contributed by atoms with E-state index in [-0.39, 0.29) is 23.2 Å². The van der Waals surface area contributed by atoms with Crippen LogP contribution in [0.1, 0.15) is 23.7 Å². The largest absolute Gasteiger partial charge is 1.00 e. The molecule has 208 valence electrons. The average Bonchev–Trinajstić information content (AvgIpc) is 3.36. The number of aromatic nitrogens is 1. The maximum Gasteiger partial charge on any atom is 0.264 e. The second kappa shape index (κ2) is 13.3. The summed E-state index contributed by atoms with van der Waals surface area (Å²) in [5.41, 5.74) is 1.67.